The van der Waals surface area contributed by atoms with E-state index in [0.717, 1.165) is 31.2 Å². The highest BCUT2D eigenvalue weighted by Crippen LogP contribution is 2.37. The molecule has 0 aliphatic heterocycles. The molecule has 5 aromatic rings. The van der Waals surface area contributed by atoms with Crippen LogP contribution in [0, 0.1) is 0 Å². The van der Waals surface area contributed by atoms with Gasteiger partial charge in [-0.15, -0.1) is 0 Å². The van der Waals surface area contributed by atoms with Crippen LogP contribution in [0.1, 0.15) is 48.0 Å². The number of carbonyl (C=O) groups is 3. The van der Waals surface area contributed by atoms with Gasteiger partial charge < -0.3 is 34.3 Å². The van der Waals surface area contributed by atoms with Crippen LogP contribution in [-0.4, -0.2) is 55.7 Å². The summed E-state index contributed by atoms with van der Waals surface area (Å²) in [5.41, 5.74) is 2.56. The number of esters is 1. The molecule has 1 aliphatic carbocycles. The number of amides is 2. The van der Waals surface area contributed by atoms with Crippen molar-refractivity contribution in [3.63, 3.8) is 0 Å². The molecule has 52 heavy (non-hydrogen) atoms. The number of aromatic nitrogens is 1. The largest absolute Gasteiger partial charge is 0.497 e. The van der Waals surface area contributed by atoms with Gasteiger partial charge in [0.05, 0.1) is 32.8 Å². The average Bonchev–Trinajstić information content (AvgIpc) is 3.68. The van der Waals surface area contributed by atoms with Crippen LogP contribution in [-0.2, 0) is 20.7 Å². The van der Waals surface area contributed by atoms with Crippen molar-refractivity contribution in [2.24, 2.45) is 0 Å². The molecule has 1 atom stereocenters. The Bertz CT molecular complexity index is 2000. The van der Waals surface area contributed by atoms with Gasteiger partial charge in [0.1, 0.15) is 29.4 Å². The number of nitrogens with zero attached hydrogens (tertiary/aromatic N) is 1. The third-order valence-electron chi connectivity index (χ3n) is 8.73. The highest BCUT2D eigenvalue weighted by molar-refractivity contribution is 6.04. The zero-order chi connectivity index (χ0) is 36.3. The monoisotopic (exact) mass is 703 g/mol. The smallest absolute Gasteiger partial charge is 0.329 e. The van der Waals surface area contributed by atoms with Crippen LogP contribution >= 0.6 is 0 Å². The Morgan fingerprint density at radius 3 is 2.35 bits per heavy atom. The lowest BCUT2D eigenvalue weighted by molar-refractivity contribution is -0.153. The fourth-order valence-corrected chi connectivity index (χ4v) is 6.02. The lowest BCUT2D eigenvalue weighted by atomic mass is 10.1. The van der Waals surface area contributed by atoms with E-state index in [4.69, 9.17) is 23.7 Å². The Balaban J connectivity index is 1.11. The maximum Gasteiger partial charge on any atom is 0.329 e. The maximum absolute atomic E-state index is 13.3. The molecule has 4 aromatic carbocycles. The van der Waals surface area contributed by atoms with Crippen LogP contribution < -0.4 is 29.6 Å². The highest BCUT2D eigenvalue weighted by Gasteiger charge is 2.27. The standard InChI is InChI=1S/C41H41N3O8/c1-48-32-14-8-9-27(23-32)24-39(45)44-34(41(47)52-30-12-6-7-13-30)20-22-50-38-26-35-33(25-37(38)49-2)36(19-21-42-35)51-31-17-15-29(16-18-31)43-40(46)28-10-4-3-5-11-28/h3-5,8-11,14-19,21,23,25-26,30,34H,6-7,12-13,20,22,24H2,1-2H3,(H,43,46)(H,44,45)/t34-/m0/s1. The molecular weight excluding hydrogens is 662 g/mol. The van der Waals surface area contributed by atoms with Crippen LogP contribution in [0.3, 0.4) is 0 Å². The third kappa shape index (κ3) is 9.36. The predicted octanol–water partition coefficient (Wildman–Crippen LogP) is 7.28. The summed E-state index contributed by atoms with van der Waals surface area (Å²) in [5, 5.41) is 6.43. The number of ether oxygens (including phenoxy) is 5. The molecular formula is C41H41N3O8. The minimum absolute atomic E-state index is 0.0782. The van der Waals surface area contributed by atoms with Gasteiger partial charge in [0.25, 0.3) is 5.91 Å². The molecule has 11 nitrogen and oxygen atoms in total. The molecule has 1 heterocycles. The van der Waals surface area contributed by atoms with Crippen molar-refractivity contribution in [3.05, 3.63) is 114 Å². The summed E-state index contributed by atoms with van der Waals surface area (Å²) in [6.45, 7) is 0.0924. The first-order chi connectivity index (χ1) is 25.4. The van der Waals surface area contributed by atoms with Crippen molar-refractivity contribution in [1.82, 2.24) is 10.3 Å². The van der Waals surface area contributed by atoms with E-state index in [2.05, 4.69) is 15.6 Å². The molecule has 0 radical (unpaired) electrons. The Kier molecular flexibility index (Phi) is 11.8. The summed E-state index contributed by atoms with van der Waals surface area (Å²) in [7, 11) is 3.10. The summed E-state index contributed by atoms with van der Waals surface area (Å²) in [6.07, 6.45) is 5.40. The topological polar surface area (TPSA) is 134 Å². The molecule has 2 amide bonds. The van der Waals surface area contributed by atoms with Gasteiger partial charge in [-0.2, -0.15) is 0 Å². The molecule has 11 heteroatoms. The molecule has 6 rings (SSSR count). The van der Waals surface area contributed by atoms with E-state index < -0.39 is 12.0 Å². The zero-order valence-electron chi connectivity index (χ0n) is 29.1. The van der Waals surface area contributed by atoms with Gasteiger partial charge in [0, 0.05) is 35.3 Å². The second-order valence-corrected chi connectivity index (χ2v) is 12.4. The molecule has 1 saturated carbocycles. The molecule has 0 spiro atoms. The van der Waals surface area contributed by atoms with Crippen LogP contribution in [0.2, 0.25) is 0 Å². The normalized spacial score (nSPS) is 13.2. The first-order valence-corrected chi connectivity index (χ1v) is 17.2. The van der Waals surface area contributed by atoms with Gasteiger partial charge in [0.2, 0.25) is 5.91 Å². The van der Waals surface area contributed by atoms with Crippen LogP contribution in [0.15, 0.2) is 103 Å². The van der Waals surface area contributed by atoms with Crippen molar-refractivity contribution in [1.29, 1.82) is 0 Å². The molecule has 2 N–H and O–H groups in total. The number of fused-ring (bicyclic) bond motifs is 1. The average molecular weight is 704 g/mol. The number of carbonyl (C=O) groups excluding carboxylic acids is 3. The third-order valence-corrected chi connectivity index (χ3v) is 8.73. The second kappa shape index (κ2) is 17.2. The van der Waals surface area contributed by atoms with Crippen molar-refractivity contribution in [3.8, 4) is 28.7 Å². The van der Waals surface area contributed by atoms with Gasteiger partial charge in [-0.25, -0.2) is 4.79 Å². The van der Waals surface area contributed by atoms with Gasteiger partial charge in [-0.3, -0.25) is 14.6 Å². The Labute approximate surface area is 302 Å². The summed E-state index contributed by atoms with van der Waals surface area (Å²) in [6, 6.07) is 27.7. The highest BCUT2D eigenvalue weighted by atomic mass is 16.5. The number of hydrogen-bond donors (Lipinski definition) is 2. The van der Waals surface area contributed by atoms with E-state index in [0.29, 0.717) is 50.9 Å². The number of hydrogen-bond acceptors (Lipinski definition) is 9. The Morgan fingerprint density at radius 1 is 0.808 bits per heavy atom. The number of nitrogens with one attached hydrogen (secondary N) is 2. The quantitative estimate of drug-likeness (QED) is 0.108. The fourth-order valence-electron chi connectivity index (χ4n) is 6.02. The van der Waals surface area contributed by atoms with Gasteiger partial charge in [0.15, 0.2) is 11.5 Å². The van der Waals surface area contributed by atoms with E-state index in [1.807, 2.05) is 30.3 Å². The molecule has 1 aliphatic rings. The second-order valence-electron chi connectivity index (χ2n) is 12.4. The zero-order valence-corrected chi connectivity index (χ0v) is 29.1. The van der Waals surface area contributed by atoms with Crippen molar-refractivity contribution >= 4 is 34.4 Å². The lowest BCUT2D eigenvalue weighted by Crippen LogP contribution is -2.44. The van der Waals surface area contributed by atoms with Crippen LogP contribution in [0.5, 0.6) is 28.7 Å². The molecule has 1 fully saturated rings. The minimum Gasteiger partial charge on any atom is -0.497 e. The Hall–Kier alpha value is -6.10. The predicted molar refractivity (Wildman–Crippen MR) is 196 cm³/mol. The molecule has 1 aromatic heterocycles. The molecule has 268 valence electrons. The molecule has 0 bridgehead atoms. The first-order valence-electron chi connectivity index (χ1n) is 17.2. The van der Waals surface area contributed by atoms with Crippen molar-refractivity contribution in [2.75, 3.05) is 26.1 Å². The maximum atomic E-state index is 13.3. The number of pyridine rings is 1. The van der Waals surface area contributed by atoms with E-state index in [1.165, 1.54) is 7.11 Å². The number of anilines is 1. The lowest BCUT2D eigenvalue weighted by Gasteiger charge is -2.21. The van der Waals surface area contributed by atoms with Gasteiger partial charge in [-0.1, -0.05) is 30.3 Å². The molecule has 0 saturated heterocycles. The van der Waals surface area contributed by atoms with E-state index in [9.17, 15) is 14.4 Å². The summed E-state index contributed by atoms with van der Waals surface area (Å²) in [5.74, 6) is 1.63. The SMILES string of the molecule is COc1cccc(CC(=O)N[C@@H](CCOc2cc3nccc(Oc4ccc(NC(=O)c5ccccc5)cc4)c3cc2OC)C(=O)OC2CCCC2)c1. The fraction of sp³-hybridized carbons (Fsp3) is 0.268. The summed E-state index contributed by atoms with van der Waals surface area (Å²) >= 11 is 0. The Morgan fingerprint density at radius 2 is 1.60 bits per heavy atom. The minimum atomic E-state index is -0.902. The summed E-state index contributed by atoms with van der Waals surface area (Å²) in [4.78, 5) is 43.4. The van der Waals surface area contributed by atoms with Crippen molar-refractivity contribution < 1.29 is 38.1 Å². The van der Waals surface area contributed by atoms with E-state index in [1.54, 1.807) is 80.0 Å². The summed E-state index contributed by atoms with van der Waals surface area (Å²) < 4.78 is 29.1. The number of rotatable bonds is 15. The molecule has 0 unspecified atom stereocenters. The van der Waals surface area contributed by atoms with Crippen molar-refractivity contribution in [2.45, 2.75) is 50.7 Å². The van der Waals surface area contributed by atoms with E-state index >= 15 is 0 Å². The van der Waals surface area contributed by atoms with Gasteiger partial charge >= 0.3 is 5.97 Å². The number of methoxy groups -OCH3 is 2. The number of benzene rings is 4. The van der Waals surface area contributed by atoms with Gasteiger partial charge in [-0.05, 0) is 91.9 Å². The van der Waals surface area contributed by atoms with Crippen LogP contribution in [0.4, 0.5) is 5.69 Å². The van der Waals surface area contributed by atoms with Crippen LogP contribution in [0.25, 0.3) is 10.9 Å². The van der Waals surface area contributed by atoms with E-state index in [-0.39, 0.29) is 37.4 Å². The first kappa shape index (κ1) is 35.7.